The largest absolute Gasteiger partial charge is 0.354 e. The van der Waals surface area contributed by atoms with Gasteiger partial charge in [0.05, 0.1) is 4.91 Å². The van der Waals surface area contributed by atoms with Crippen molar-refractivity contribution in [1.29, 1.82) is 0 Å². The van der Waals surface area contributed by atoms with E-state index in [4.69, 9.17) is 23.2 Å². The lowest BCUT2D eigenvalue weighted by Crippen LogP contribution is -2.38. The third kappa shape index (κ3) is 6.59. The van der Waals surface area contributed by atoms with Crippen LogP contribution in [0, 0.1) is 0 Å². The van der Waals surface area contributed by atoms with Crippen LogP contribution in [0.4, 0.5) is 4.79 Å². The van der Waals surface area contributed by atoms with Crippen LogP contribution in [0.15, 0.2) is 53.4 Å². The zero-order valence-corrected chi connectivity index (χ0v) is 19.1. The van der Waals surface area contributed by atoms with Crippen LogP contribution in [-0.2, 0) is 9.59 Å². The molecule has 0 radical (unpaired) electrons. The van der Waals surface area contributed by atoms with Gasteiger partial charge in [-0.15, -0.1) is 0 Å². The van der Waals surface area contributed by atoms with Crippen LogP contribution in [0.25, 0.3) is 6.08 Å². The molecule has 10 heteroatoms. The minimum Gasteiger partial charge on any atom is -0.354 e. The number of nitrogens with zero attached hydrogens (tertiary/aromatic N) is 1. The van der Waals surface area contributed by atoms with Crippen LogP contribution in [0.1, 0.15) is 22.3 Å². The highest BCUT2D eigenvalue weighted by Gasteiger charge is 2.34. The van der Waals surface area contributed by atoms with E-state index >= 15 is 0 Å². The number of carbonyl (C=O) groups excluding carboxylic acids is 4. The van der Waals surface area contributed by atoms with Crippen LogP contribution >= 0.6 is 35.0 Å². The Kier molecular flexibility index (Phi) is 8.33. The Morgan fingerprint density at radius 2 is 1.53 bits per heavy atom. The predicted molar refractivity (Wildman–Crippen MR) is 126 cm³/mol. The van der Waals surface area contributed by atoms with Crippen molar-refractivity contribution in [2.75, 3.05) is 19.6 Å². The van der Waals surface area contributed by atoms with Gasteiger partial charge >= 0.3 is 0 Å². The van der Waals surface area contributed by atoms with Gasteiger partial charge < -0.3 is 10.6 Å². The van der Waals surface area contributed by atoms with Crippen LogP contribution in [0.2, 0.25) is 10.0 Å². The van der Waals surface area contributed by atoms with E-state index in [9.17, 15) is 19.2 Å². The van der Waals surface area contributed by atoms with Crippen molar-refractivity contribution in [2.45, 2.75) is 6.42 Å². The minimum atomic E-state index is -0.403. The Labute approximate surface area is 199 Å². The van der Waals surface area contributed by atoms with E-state index in [0.29, 0.717) is 20.5 Å². The molecular weight excluding hydrogens is 473 g/mol. The van der Waals surface area contributed by atoms with Crippen LogP contribution < -0.4 is 10.6 Å². The second kappa shape index (κ2) is 11.2. The molecule has 1 fully saturated rings. The van der Waals surface area contributed by atoms with Gasteiger partial charge in [0.2, 0.25) is 5.91 Å². The molecule has 2 aromatic rings. The Hall–Kier alpha value is -2.81. The fraction of sp³-hybridized carbons (Fsp3) is 0.182. The van der Waals surface area contributed by atoms with Crippen LogP contribution in [0.3, 0.4) is 0 Å². The fourth-order valence-electron chi connectivity index (χ4n) is 2.79. The molecule has 1 heterocycles. The van der Waals surface area contributed by atoms with Crippen molar-refractivity contribution in [3.63, 3.8) is 0 Å². The number of amides is 4. The monoisotopic (exact) mass is 491 g/mol. The van der Waals surface area contributed by atoms with Crippen molar-refractivity contribution in [1.82, 2.24) is 15.5 Å². The lowest BCUT2D eigenvalue weighted by Gasteiger charge is -2.13. The number of imide groups is 1. The molecule has 0 aliphatic carbocycles. The summed E-state index contributed by atoms with van der Waals surface area (Å²) in [5.74, 6) is -1.01. The van der Waals surface area contributed by atoms with Gasteiger partial charge in [0.25, 0.3) is 17.1 Å². The summed E-state index contributed by atoms with van der Waals surface area (Å²) in [6, 6.07) is 13.3. The first kappa shape index (κ1) is 23.8. The van der Waals surface area contributed by atoms with Gasteiger partial charge in [-0.05, 0) is 59.8 Å². The number of nitrogens with one attached hydrogen (secondary N) is 2. The molecule has 3 rings (SSSR count). The highest BCUT2D eigenvalue weighted by atomic mass is 35.5. The lowest BCUT2D eigenvalue weighted by molar-refractivity contribution is -0.124. The second-order valence-corrected chi connectivity index (χ2v) is 8.61. The Balaban J connectivity index is 1.40. The smallest absolute Gasteiger partial charge is 0.293 e. The van der Waals surface area contributed by atoms with E-state index in [1.165, 1.54) is 0 Å². The van der Waals surface area contributed by atoms with Gasteiger partial charge in [0.15, 0.2) is 0 Å². The number of halogens is 2. The first-order chi connectivity index (χ1) is 15.3. The molecule has 4 amide bonds. The number of rotatable bonds is 8. The maximum atomic E-state index is 12.5. The van der Waals surface area contributed by atoms with Crippen molar-refractivity contribution < 1.29 is 19.2 Å². The second-order valence-electron chi connectivity index (χ2n) is 6.75. The van der Waals surface area contributed by atoms with Gasteiger partial charge in [-0.2, -0.15) is 0 Å². The Morgan fingerprint density at radius 1 is 0.906 bits per heavy atom. The number of thioether (sulfide) groups is 1. The zero-order valence-electron chi connectivity index (χ0n) is 16.8. The minimum absolute atomic E-state index is 0.0610. The SMILES string of the molecule is O=C(CCNC(=O)c1ccc(Cl)cc1)NCCN1C(=O)S/C(=C/c2ccc(Cl)cc2)C1=O. The normalized spacial score (nSPS) is 14.7. The molecule has 0 atom stereocenters. The maximum absolute atomic E-state index is 12.5. The van der Waals surface area contributed by atoms with E-state index in [1.54, 1.807) is 54.6 Å². The lowest BCUT2D eigenvalue weighted by atomic mass is 10.2. The van der Waals surface area contributed by atoms with Gasteiger partial charge in [0.1, 0.15) is 0 Å². The molecule has 1 aliphatic rings. The summed E-state index contributed by atoms with van der Waals surface area (Å²) in [4.78, 5) is 50.0. The molecule has 0 spiro atoms. The molecule has 0 aromatic heterocycles. The number of hydrogen-bond acceptors (Lipinski definition) is 5. The summed E-state index contributed by atoms with van der Waals surface area (Å²) < 4.78 is 0. The predicted octanol–water partition coefficient (Wildman–Crippen LogP) is 3.97. The topological polar surface area (TPSA) is 95.6 Å². The standard InChI is InChI=1S/C22H19Cl2N3O4S/c23-16-5-1-14(2-6-16)13-18-21(30)27(22(31)32-18)12-11-25-19(28)9-10-26-20(29)15-3-7-17(24)8-4-15/h1-8,13H,9-12H2,(H,25,28)(H,26,29)/b18-13+. The fourth-order valence-corrected chi connectivity index (χ4v) is 3.91. The average molecular weight is 492 g/mol. The highest BCUT2D eigenvalue weighted by molar-refractivity contribution is 8.18. The molecule has 7 nitrogen and oxygen atoms in total. The third-order valence-electron chi connectivity index (χ3n) is 4.44. The molecule has 1 saturated heterocycles. The maximum Gasteiger partial charge on any atom is 0.293 e. The summed E-state index contributed by atoms with van der Waals surface area (Å²) in [6.45, 7) is 0.334. The summed E-state index contributed by atoms with van der Waals surface area (Å²) >= 11 is 12.5. The quantitative estimate of drug-likeness (QED) is 0.544. The summed E-state index contributed by atoms with van der Waals surface area (Å²) in [5, 5.41) is 6.01. The van der Waals surface area contributed by atoms with Crippen LogP contribution in [-0.4, -0.2) is 47.5 Å². The molecule has 0 bridgehead atoms. The van der Waals surface area contributed by atoms with E-state index in [0.717, 1.165) is 22.2 Å². The number of carbonyl (C=O) groups is 4. The van der Waals surface area contributed by atoms with Crippen molar-refractivity contribution in [3.8, 4) is 0 Å². The molecule has 32 heavy (non-hydrogen) atoms. The van der Waals surface area contributed by atoms with Crippen LogP contribution in [0.5, 0.6) is 0 Å². The summed E-state index contributed by atoms with van der Waals surface area (Å²) in [5.41, 5.74) is 1.20. The summed E-state index contributed by atoms with van der Waals surface area (Å²) in [6.07, 6.45) is 1.70. The van der Waals surface area contributed by atoms with E-state index in [-0.39, 0.29) is 43.1 Å². The third-order valence-corrected chi connectivity index (χ3v) is 5.85. The van der Waals surface area contributed by atoms with Crippen molar-refractivity contribution in [2.24, 2.45) is 0 Å². The molecule has 0 unspecified atom stereocenters. The molecule has 2 aromatic carbocycles. The van der Waals surface area contributed by atoms with Gasteiger partial charge in [-0.3, -0.25) is 24.1 Å². The molecule has 2 N–H and O–H groups in total. The van der Waals surface area contributed by atoms with Gasteiger partial charge in [0, 0.05) is 41.7 Å². The van der Waals surface area contributed by atoms with Gasteiger partial charge in [-0.1, -0.05) is 35.3 Å². The number of benzene rings is 2. The van der Waals surface area contributed by atoms with Crippen molar-refractivity contribution in [3.05, 3.63) is 74.6 Å². The summed E-state index contributed by atoms with van der Waals surface area (Å²) in [7, 11) is 0. The molecule has 1 aliphatic heterocycles. The molecule has 166 valence electrons. The van der Waals surface area contributed by atoms with E-state index in [2.05, 4.69) is 10.6 Å². The first-order valence-corrected chi connectivity index (χ1v) is 11.2. The number of hydrogen-bond donors (Lipinski definition) is 2. The van der Waals surface area contributed by atoms with Crippen molar-refractivity contribution >= 4 is 64.0 Å². The van der Waals surface area contributed by atoms with Gasteiger partial charge in [-0.25, -0.2) is 0 Å². The average Bonchev–Trinajstić information content (AvgIpc) is 3.03. The zero-order chi connectivity index (χ0) is 23.1. The Bertz CT molecular complexity index is 1060. The molecule has 0 saturated carbocycles. The Morgan fingerprint density at radius 3 is 2.19 bits per heavy atom. The highest BCUT2D eigenvalue weighted by Crippen LogP contribution is 2.32. The first-order valence-electron chi connectivity index (χ1n) is 9.65. The van der Waals surface area contributed by atoms with E-state index < -0.39 is 5.91 Å². The molecular formula is C22H19Cl2N3O4S. The van der Waals surface area contributed by atoms with E-state index in [1.807, 2.05) is 0 Å².